The van der Waals surface area contributed by atoms with Gasteiger partial charge in [-0.2, -0.15) is 5.26 Å². The lowest BCUT2D eigenvalue weighted by molar-refractivity contribution is 0.277. The van der Waals surface area contributed by atoms with E-state index in [2.05, 4.69) is 10.9 Å². The highest BCUT2D eigenvalue weighted by Gasteiger charge is 2.36. The van der Waals surface area contributed by atoms with E-state index in [0.717, 1.165) is 11.1 Å². The van der Waals surface area contributed by atoms with Crippen LogP contribution < -0.4 is 0 Å². The Hall–Kier alpha value is -1.84. The standard InChI is InChI=1S/C14H16N2O/c1-12-4-6-13(7-5-12)10-14(11-15,16-2)8-3-9-17/h4-7,17H,3,8-10H2,1H3. The van der Waals surface area contributed by atoms with Crippen LogP contribution in [0.2, 0.25) is 0 Å². The summed E-state index contributed by atoms with van der Waals surface area (Å²) in [6.07, 6.45) is 1.33. The van der Waals surface area contributed by atoms with Crippen LogP contribution in [-0.4, -0.2) is 17.3 Å². The first-order valence-corrected chi connectivity index (χ1v) is 5.62. The fourth-order valence-electron chi connectivity index (χ4n) is 1.72. The lowest BCUT2D eigenvalue weighted by Gasteiger charge is -2.13. The minimum absolute atomic E-state index is 0.0207. The Morgan fingerprint density at radius 2 is 2.06 bits per heavy atom. The Balaban J connectivity index is 2.84. The summed E-state index contributed by atoms with van der Waals surface area (Å²) in [4.78, 5) is 3.47. The summed E-state index contributed by atoms with van der Waals surface area (Å²) in [7, 11) is 0. The molecular formula is C14H16N2O. The molecule has 0 aliphatic rings. The molecule has 0 aromatic heterocycles. The summed E-state index contributed by atoms with van der Waals surface area (Å²) in [5, 5.41) is 18.0. The highest BCUT2D eigenvalue weighted by Crippen LogP contribution is 2.23. The Bertz CT molecular complexity index is 423. The molecule has 0 aliphatic carbocycles. The van der Waals surface area contributed by atoms with E-state index in [4.69, 9.17) is 11.7 Å². The zero-order chi connectivity index (χ0) is 12.7. The maximum atomic E-state index is 9.17. The summed E-state index contributed by atoms with van der Waals surface area (Å²) in [6.45, 7) is 9.22. The monoisotopic (exact) mass is 228 g/mol. The Morgan fingerprint density at radius 3 is 2.53 bits per heavy atom. The summed E-state index contributed by atoms with van der Waals surface area (Å²) in [5.41, 5.74) is 1.12. The average molecular weight is 228 g/mol. The van der Waals surface area contributed by atoms with Crippen LogP contribution in [0.1, 0.15) is 24.0 Å². The fourth-order valence-corrected chi connectivity index (χ4v) is 1.72. The Labute approximate surface area is 102 Å². The van der Waals surface area contributed by atoms with Gasteiger partial charge in [-0.1, -0.05) is 29.8 Å². The topological polar surface area (TPSA) is 48.4 Å². The largest absolute Gasteiger partial charge is 0.396 e. The number of aryl methyl sites for hydroxylation is 1. The quantitative estimate of drug-likeness (QED) is 0.787. The van der Waals surface area contributed by atoms with Gasteiger partial charge in [0.05, 0.1) is 6.42 Å². The second kappa shape index (κ2) is 6.03. The maximum Gasteiger partial charge on any atom is 0.319 e. The molecule has 0 bridgehead atoms. The van der Waals surface area contributed by atoms with Gasteiger partial charge in [-0.05, 0) is 18.9 Å². The first-order valence-electron chi connectivity index (χ1n) is 5.62. The van der Waals surface area contributed by atoms with Crippen molar-refractivity contribution in [3.8, 4) is 6.07 Å². The minimum atomic E-state index is -1.03. The summed E-state index contributed by atoms with van der Waals surface area (Å²) in [6, 6.07) is 9.96. The highest BCUT2D eigenvalue weighted by molar-refractivity contribution is 5.28. The van der Waals surface area contributed by atoms with E-state index >= 15 is 0 Å². The van der Waals surface area contributed by atoms with Gasteiger partial charge in [-0.25, -0.2) is 6.57 Å². The number of aliphatic hydroxyl groups excluding tert-OH is 1. The molecular weight excluding hydrogens is 212 g/mol. The van der Waals surface area contributed by atoms with Crippen molar-refractivity contribution in [2.24, 2.45) is 0 Å². The second-order valence-electron chi connectivity index (χ2n) is 4.24. The van der Waals surface area contributed by atoms with Gasteiger partial charge in [0.25, 0.3) is 0 Å². The van der Waals surface area contributed by atoms with E-state index in [1.165, 1.54) is 0 Å². The number of benzene rings is 1. The molecule has 3 heteroatoms. The molecule has 0 heterocycles. The van der Waals surface area contributed by atoms with E-state index in [1.54, 1.807) is 0 Å². The summed E-state index contributed by atoms with van der Waals surface area (Å²) < 4.78 is 0. The molecule has 0 spiro atoms. The molecule has 17 heavy (non-hydrogen) atoms. The van der Waals surface area contributed by atoms with Crippen molar-refractivity contribution in [1.29, 1.82) is 5.26 Å². The first-order chi connectivity index (χ1) is 8.15. The molecule has 3 nitrogen and oxygen atoms in total. The summed E-state index contributed by atoms with van der Waals surface area (Å²) >= 11 is 0. The van der Waals surface area contributed by atoms with Crippen molar-refractivity contribution < 1.29 is 5.11 Å². The van der Waals surface area contributed by atoms with E-state index in [1.807, 2.05) is 31.2 Å². The molecule has 1 atom stereocenters. The lowest BCUT2D eigenvalue weighted by Crippen LogP contribution is -2.25. The van der Waals surface area contributed by atoms with Crippen LogP contribution in [0, 0.1) is 24.8 Å². The Kier molecular flexibility index (Phi) is 4.69. The smallest absolute Gasteiger partial charge is 0.319 e. The molecule has 0 fully saturated rings. The van der Waals surface area contributed by atoms with Crippen LogP contribution >= 0.6 is 0 Å². The van der Waals surface area contributed by atoms with E-state index in [9.17, 15) is 5.26 Å². The molecule has 0 amide bonds. The third kappa shape index (κ3) is 3.59. The van der Waals surface area contributed by atoms with Crippen molar-refractivity contribution >= 4 is 0 Å². The van der Waals surface area contributed by atoms with Crippen molar-refractivity contribution in [2.75, 3.05) is 6.61 Å². The van der Waals surface area contributed by atoms with Crippen LogP contribution in [0.25, 0.3) is 4.85 Å². The first kappa shape index (κ1) is 13.2. The average Bonchev–Trinajstić information content (AvgIpc) is 2.37. The molecule has 1 rings (SSSR count). The molecule has 0 aliphatic heterocycles. The molecule has 1 aromatic rings. The highest BCUT2D eigenvalue weighted by atomic mass is 16.2. The molecule has 0 saturated heterocycles. The van der Waals surface area contributed by atoms with Gasteiger partial charge in [-0.3, -0.25) is 4.85 Å². The normalized spacial score (nSPS) is 13.4. The number of aliphatic hydroxyl groups is 1. The predicted octanol–water partition coefficient (Wildman–Crippen LogP) is 2.49. The van der Waals surface area contributed by atoms with Gasteiger partial charge in [0, 0.05) is 13.0 Å². The van der Waals surface area contributed by atoms with Gasteiger partial charge in [0.15, 0.2) is 6.07 Å². The number of nitrogens with zero attached hydrogens (tertiary/aromatic N) is 2. The van der Waals surface area contributed by atoms with E-state index in [0.29, 0.717) is 19.3 Å². The van der Waals surface area contributed by atoms with Gasteiger partial charge >= 0.3 is 5.54 Å². The van der Waals surface area contributed by atoms with Gasteiger partial charge < -0.3 is 5.11 Å². The van der Waals surface area contributed by atoms with Crippen LogP contribution in [0.15, 0.2) is 24.3 Å². The zero-order valence-corrected chi connectivity index (χ0v) is 9.98. The van der Waals surface area contributed by atoms with Crippen molar-refractivity contribution in [2.45, 2.75) is 31.7 Å². The van der Waals surface area contributed by atoms with Crippen LogP contribution in [0.5, 0.6) is 0 Å². The second-order valence-corrected chi connectivity index (χ2v) is 4.24. The number of hydrogen-bond donors (Lipinski definition) is 1. The Morgan fingerprint density at radius 1 is 1.41 bits per heavy atom. The van der Waals surface area contributed by atoms with E-state index in [-0.39, 0.29) is 6.61 Å². The van der Waals surface area contributed by atoms with E-state index < -0.39 is 5.54 Å². The van der Waals surface area contributed by atoms with Gasteiger partial charge in [-0.15, -0.1) is 0 Å². The molecule has 1 aromatic carbocycles. The predicted molar refractivity (Wildman–Crippen MR) is 66.1 cm³/mol. The van der Waals surface area contributed by atoms with Gasteiger partial charge in [0.2, 0.25) is 0 Å². The molecule has 88 valence electrons. The molecule has 0 saturated carbocycles. The third-order valence-electron chi connectivity index (χ3n) is 2.79. The van der Waals surface area contributed by atoms with Gasteiger partial charge in [0.1, 0.15) is 0 Å². The van der Waals surface area contributed by atoms with Crippen LogP contribution in [0.3, 0.4) is 0 Å². The fraction of sp³-hybridized carbons (Fsp3) is 0.429. The lowest BCUT2D eigenvalue weighted by atomic mass is 9.88. The SMILES string of the molecule is [C-]#[N+]C(C#N)(CCCO)Cc1ccc(C)cc1. The molecule has 1 unspecified atom stereocenters. The maximum absolute atomic E-state index is 9.17. The van der Waals surface area contributed by atoms with Crippen molar-refractivity contribution in [1.82, 2.24) is 0 Å². The third-order valence-corrected chi connectivity index (χ3v) is 2.79. The number of hydrogen-bond acceptors (Lipinski definition) is 2. The van der Waals surface area contributed by atoms with Crippen LogP contribution in [0.4, 0.5) is 0 Å². The number of nitriles is 1. The minimum Gasteiger partial charge on any atom is -0.396 e. The zero-order valence-electron chi connectivity index (χ0n) is 9.98. The number of rotatable bonds is 5. The molecule has 0 radical (unpaired) electrons. The summed E-state index contributed by atoms with van der Waals surface area (Å²) in [5.74, 6) is 0. The van der Waals surface area contributed by atoms with Crippen molar-refractivity contribution in [3.63, 3.8) is 0 Å². The van der Waals surface area contributed by atoms with Crippen molar-refractivity contribution in [3.05, 3.63) is 46.8 Å². The van der Waals surface area contributed by atoms with Crippen LogP contribution in [-0.2, 0) is 6.42 Å². The molecule has 1 N–H and O–H groups in total.